The number of ether oxygens (including phenoxy) is 1. The predicted molar refractivity (Wildman–Crippen MR) is 154 cm³/mol. The molecule has 222 valence electrons. The van der Waals surface area contributed by atoms with Gasteiger partial charge in [0.15, 0.2) is 0 Å². The molecule has 0 bridgehead atoms. The second-order valence-corrected chi connectivity index (χ2v) is 12.6. The van der Waals surface area contributed by atoms with E-state index in [-0.39, 0.29) is 34.3 Å². The Morgan fingerprint density at radius 1 is 1.19 bits per heavy atom. The van der Waals surface area contributed by atoms with Crippen molar-refractivity contribution in [2.24, 2.45) is 10.2 Å². The van der Waals surface area contributed by atoms with Gasteiger partial charge in [-0.2, -0.15) is 23.4 Å². The third-order valence-corrected chi connectivity index (χ3v) is 8.29. The van der Waals surface area contributed by atoms with Crippen LogP contribution in [0.1, 0.15) is 55.2 Å². The van der Waals surface area contributed by atoms with Gasteiger partial charge < -0.3 is 14.7 Å². The first-order valence-corrected chi connectivity index (χ1v) is 14.4. The van der Waals surface area contributed by atoms with Crippen molar-refractivity contribution < 1.29 is 27.8 Å². The Morgan fingerprint density at radius 2 is 1.95 bits per heavy atom. The number of aromatic nitrogens is 1. The number of hydrogen-bond acceptors (Lipinski definition) is 7. The van der Waals surface area contributed by atoms with Gasteiger partial charge in [0.2, 0.25) is 5.88 Å². The van der Waals surface area contributed by atoms with E-state index in [1.54, 1.807) is 43.9 Å². The highest BCUT2D eigenvalue weighted by Crippen LogP contribution is 2.37. The molecular weight excluding hydrogens is 593 g/mol. The summed E-state index contributed by atoms with van der Waals surface area (Å²) in [4.78, 5) is 27.2. The number of likely N-dealkylation sites (tertiary alicyclic amines) is 1. The number of fused-ring (bicyclic) bond motifs is 1. The van der Waals surface area contributed by atoms with Crippen molar-refractivity contribution in [2.45, 2.75) is 64.4 Å². The summed E-state index contributed by atoms with van der Waals surface area (Å²) in [7, 11) is 0. The molecule has 0 aliphatic carbocycles. The van der Waals surface area contributed by atoms with E-state index in [1.807, 2.05) is 0 Å². The molecule has 1 aromatic heterocycles. The number of nitrogens with zero attached hydrogens (tertiary/aromatic N) is 4. The van der Waals surface area contributed by atoms with Crippen LogP contribution in [0.2, 0.25) is 5.02 Å². The Morgan fingerprint density at radius 3 is 2.67 bits per heavy atom. The van der Waals surface area contributed by atoms with E-state index in [2.05, 4.69) is 10.2 Å². The summed E-state index contributed by atoms with van der Waals surface area (Å²) in [5, 5.41) is 20.3. The Kier molecular flexibility index (Phi) is 7.97. The van der Waals surface area contributed by atoms with Crippen LogP contribution in [0.15, 0.2) is 51.4 Å². The van der Waals surface area contributed by atoms with Crippen molar-refractivity contribution in [3.8, 4) is 5.88 Å². The maximum absolute atomic E-state index is 14.0. The molecule has 42 heavy (non-hydrogen) atoms. The topological polar surface area (TPSA) is 96.5 Å². The van der Waals surface area contributed by atoms with Crippen LogP contribution in [0, 0.1) is 0 Å². The fourth-order valence-corrected chi connectivity index (χ4v) is 6.25. The number of benzene rings is 2. The molecule has 8 nitrogen and oxygen atoms in total. The maximum atomic E-state index is 14.0. The Hall–Kier alpha value is -3.64. The van der Waals surface area contributed by atoms with Gasteiger partial charge in [-0.25, -0.2) is 4.79 Å². The third-order valence-electron chi connectivity index (χ3n) is 7.02. The van der Waals surface area contributed by atoms with E-state index in [0.717, 1.165) is 17.4 Å². The SMILES string of the molecule is CC(C)(C)OC(=O)N1CCC[C@H]1Cn1c(O)c(C(Cc2ccc(Cl)cc2C(F)(F)F)=c2ccc3c(c2)C=NN=3)sc1=O. The molecule has 13 heteroatoms. The molecule has 0 unspecified atom stereocenters. The summed E-state index contributed by atoms with van der Waals surface area (Å²) < 4.78 is 48.7. The number of carbonyl (C=O) groups excluding carboxylic acids is 1. The molecule has 1 amide bonds. The highest BCUT2D eigenvalue weighted by molar-refractivity contribution is 7.10. The number of aromatic hydroxyl groups is 1. The minimum atomic E-state index is -4.68. The van der Waals surface area contributed by atoms with Gasteiger partial charge in [0.05, 0.1) is 34.6 Å². The molecule has 0 spiro atoms. The normalized spacial score (nSPS) is 17.3. The quantitative estimate of drug-likeness (QED) is 0.430. The van der Waals surface area contributed by atoms with E-state index in [1.165, 1.54) is 22.9 Å². The second-order valence-electron chi connectivity index (χ2n) is 11.2. The highest BCUT2D eigenvalue weighted by Gasteiger charge is 2.35. The molecule has 1 N–H and O–H groups in total. The van der Waals surface area contributed by atoms with E-state index >= 15 is 0 Å². The molecule has 1 atom stereocenters. The van der Waals surface area contributed by atoms with Crippen molar-refractivity contribution in [1.29, 1.82) is 0 Å². The van der Waals surface area contributed by atoms with Crippen LogP contribution in [0.5, 0.6) is 5.88 Å². The summed E-state index contributed by atoms with van der Waals surface area (Å²) in [6.07, 6.45) is -2.61. The molecule has 1 saturated heterocycles. The number of alkyl halides is 3. The molecule has 2 aromatic carbocycles. The van der Waals surface area contributed by atoms with Crippen molar-refractivity contribution in [2.75, 3.05) is 6.54 Å². The first-order chi connectivity index (χ1) is 19.7. The van der Waals surface area contributed by atoms with Crippen molar-refractivity contribution >= 4 is 40.8 Å². The lowest BCUT2D eigenvalue weighted by molar-refractivity contribution is -0.138. The Balaban J connectivity index is 1.59. The fourth-order valence-electron chi connectivity index (χ4n) is 5.11. The van der Waals surface area contributed by atoms with Crippen LogP contribution in [0.4, 0.5) is 18.0 Å². The van der Waals surface area contributed by atoms with Gasteiger partial charge in [-0.15, -0.1) is 0 Å². The zero-order valence-electron chi connectivity index (χ0n) is 23.0. The summed E-state index contributed by atoms with van der Waals surface area (Å²) in [5.74, 6) is -0.377. The molecule has 2 aliphatic rings. The zero-order valence-corrected chi connectivity index (χ0v) is 24.6. The number of halogens is 4. The number of thiazole rings is 1. The van der Waals surface area contributed by atoms with Crippen LogP contribution in [-0.2, 0) is 23.9 Å². The predicted octanol–water partition coefficient (Wildman–Crippen LogP) is 5.10. The van der Waals surface area contributed by atoms with Gasteiger partial charge in [-0.3, -0.25) is 9.36 Å². The van der Waals surface area contributed by atoms with E-state index < -0.39 is 34.3 Å². The molecule has 0 saturated carbocycles. The van der Waals surface area contributed by atoms with Crippen LogP contribution in [0.25, 0.3) is 5.57 Å². The maximum Gasteiger partial charge on any atom is 0.416 e. The summed E-state index contributed by atoms with van der Waals surface area (Å²) >= 11 is 6.64. The molecule has 2 aliphatic heterocycles. The fraction of sp³-hybridized carbons (Fsp3) is 0.379. The lowest BCUT2D eigenvalue weighted by Gasteiger charge is -2.28. The number of hydrogen-bond donors (Lipinski definition) is 1. The first-order valence-electron chi connectivity index (χ1n) is 13.2. The van der Waals surface area contributed by atoms with Gasteiger partial charge >= 0.3 is 17.1 Å². The summed E-state index contributed by atoms with van der Waals surface area (Å²) in [6, 6.07) is 8.19. The standard InChI is InChI=1S/C29H28ClF3N4O4S/c1-28(2,3)41-26(39)36-10-4-5-20(36)15-37-25(38)24(42-27(37)40)21(16-7-9-23-18(11-16)14-34-35-23)12-17-6-8-19(30)13-22(17)29(31,32)33/h6-9,11,13-14,20,38H,4-5,10,12,15H2,1-3H3/t20-/m0/s1. The minimum Gasteiger partial charge on any atom is -0.493 e. The van der Waals surface area contributed by atoms with Gasteiger partial charge in [-0.1, -0.05) is 35.1 Å². The van der Waals surface area contributed by atoms with Crippen molar-refractivity contribution in [3.05, 3.63) is 83.2 Å². The van der Waals surface area contributed by atoms with E-state index in [9.17, 15) is 27.9 Å². The Bertz CT molecular complexity index is 1760. The van der Waals surface area contributed by atoms with E-state index in [0.29, 0.717) is 41.1 Å². The Labute approximate surface area is 248 Å². The van der Waals surface area contributed by atoms with Crippen LogP contribution in [-0.4, -0.2) is 45.1 Å². The summed E-state index contributed by atoms with van der Waals surface area (Å²) in [6.45, 7) is 5.75. The van der Waals surface area contributed by atoms with Crippen molar-refractivity contribution in [1.82, 2.24) is 9.47 Å². The summed E-state index contributed by atoms with van der Waals surface area (Å²) in [5.41, 5.74) is -0.704. The van der Waals surface area contributed by atoms with Crippen LogP contribution in [0.3, 0.4) is 0 Å². The lowest BCUT2D eigenvalue weighted by Crippen LogP contribution is -2.42. The largest absolute Gasteiger partial charge is 0.493 e. The van der Waals surface area contributed by atoms with Crippen molar-refractivity contribution in [3.63, 3.8) is 0 Å². The zero-order chi connectivity index (χ0) is 30.4. The van der Waals surface area contributed by atoms with Gasteiger partial charge in [0.25, 0.3) is 0 Å². The third kappa shape index (κ3) is 6.24. The van der Waals surface area contributed by atoms with Gasteiger partial charge in [0.1, 0.15) is 5.60 Å². The molecule has 5 rings (SSSR count). The molecular formula is C29H28ClF3N4O4S. The average Bonchev–Trinajstić information content (AvgIpc) is 3.62. The average molecular weight is 621 g/mol. The van der Waals surface area contributed by atoms with Gasteiger partial charge in [0, 0.05) is 23.6 Å². The molecule has 3 heterocycles. The monoisotopic (exact) mass is 620 g/mol. The lowest BCUT2D eigenvalue weighted by atomic mass is 9.96. The van der Waals surface area contributed by atoms with Gasteiger partial charge in [-0.05, 0) is 74.2 Å². The second kappa shape index (κ2) is 11.2. The highest BCUT2D eigenvalue weighted by atomic mass is 35.5. The molecule has 3 aromatic rings. The smallest absolute Gasteiger partial charge is 0.416 e. The number of carbonyl (C=O) groups is 1. The van der Waals surface area contributed by atoms with E-state index in [4.69, 9.17) is 16.3 Å². The number of rotatable bonds is 5. The number of amides is 1. The van der Waals surface area contributed by atoms with Crippen LogP contribution < -0.4 is 15.4 Å². The van der Waals surface area contributed by atoms with Crippen LogP contribution >= 0.6 is 22.9 Å². The molecule has 1 fully saturated rings. The minimum absolute atomic E-state index is 0.0121. The first kappa shape index (κ1) is 29.8. The molecule has 0 radical (unpaired) electrons.